The summed E-state index contributed by atoms with van der Waals surface area (Å²) in [4.78, 5) is 1.31. The van der Waals surface area contributed by atoms with Crippen LogP contribution >= 0.6 is 43.2 Å². The maximum Gasteiger partial charge on any atom is 0.0853 e. The molecule has 2 aromatic rings. The van der Waals surface area contributed by atoms with Crippen LogP contribution in [0.1, 0.15) is 42.4 Å². The summed E-state index contributed by atoms with van der Waals surface area (Å²) in [7, 11) is 0. The molecule has 0 aliphatic rings. The Kier molecular flexibility index (Phi) is 5.84. The molecular formula is C14H19Br2N3S. The first-order chi connectivity index (χ1) is 9.58. The Morgan fingerprint density at radius 2 is 2.15 bits per heavy atom. The summed E-state index contributed by atoms with van der Waals surface area (Å²) in [6, 6.07) is 2.43. The molecule has 2 aromatic heterocycles. The third-order valence-corrected chi connectivity index (χ3v) is 5.92. The smallest absolute Gasteiger partial charge is 0.0853 e. The van der Waals surface area contributed by atoms with E-state index in [-0.39, 0.29) is 6.04 Å². The molecule has 0 aliphatic carbocycles. The van der Waals surface area contributed by atoms with Crippen LogP contribution < -0.4 is 5.32 Å². The summed E-state index contributed by atoms with van der Waals surface area (Å²) < 4.78 is 4.37. The highest BCUT2D eigenvalue weighted by Crippen LogP contribution is 2.36. The Balaban J connectivity index is 2.45. The number of nitrogens with zero attached hydrogens (tertiary/aromatic N) is 2. The third-order valence-electron chi connectivity index (χ3n) is 3.11. The van der Waals surface area contributed by atoms with Crippen molar-refractivity contribution in [1.29, 1.82) is 0 Å². The van der Waals surface area contributed by atoms with Crippen molar-refractivity contribution in [2.75, 3.05) is 6.54 Å². The zero-order valence-electron chi connectivity index (χ0n) is 11.9. The average molecular weight is 421 g/mol. The molecule has 2 rings (SSSR count). The predicted octanol–water partition coefficient (Wildman–Crippen LogP) is 4.89. The number of nitrogens with one attached hydrogen (secondary N) is 1. The average Bonchev–Trinajstić information content (AvgIpc) is 2.92. The lowest BCUT2D eigenvalue weighted by molar-refractivity contribution is 0.522. The van der Waals surface area contributed by atoms with Gasteiger partial charge in [-0.25, -0.2) is 0 Å². The number of rotatable bonds is 6. The Bertz CT molecular complexity index is 557. The van der Waals surface area contributed by atoms with Gasteiger partial charge in [-0.3, -0.25) is 4.68 Å². The molecule has 0 spiro atoms. The van der Waals surface area contributed by atoms with Gasteiger partial charge in [0.15, 0.2) is 0 Å². The second-order valence-corrected chi connectivity index (χ2v) is 7.95. The molecule has 0 fully saturated rings. The standard InChI is InChI=1S/C14H19Br2N3S/c1-4-6-19-13(10(15)8-18-19)12(17-5-2)11-7-9(3)14(16)20-11/h7-8,12,17H,4-6H2,1-3H3. The van der Waals surface area contributed by atoms with Gasteiger partial charge in [0, 0.05) is 11.4 Å². The van der Waals surface area contributed by atoms with E-state index in [0.717, 1.165) is 24.0 Å². The van der Waals surface area contributed by atoms with E-state index >= 15 is 0 Å². The van der Waals surface area contributed by atoms with E-state index in [1.807, 2.05) is 6.20 Å². The summed E-state index contributed by atoms with van der Waals surface area (Å²) in [5.41, 5.74) is 2.49. The van der Waals surface area contributed by atoms with Gasteiger partial charge in [-0.1, -0.05) is 13.8 Å². The van der Waals surface area contributed by atoms with Gasteiger partial charge in [-0.2, -0.15) is 5.10 Å². The quantitative estimate of drug-likeness (QED) is 0.720. The maximum absolute atomic E-state index is 4.49. The van der Waals surface area contributed by atoms with Gasteiger partial charge in [0.25, 0.3) is 0 Å². The van der Waals surface area contributed by atoms with Gasteiger partial charge in [0.05, 0.1) is 26.2 Å². The molecule has 0 saturated heterocycles. The molecule has 1 unspecified atom stereocenters. The Morgan fingerprint density at radius 1 is 1.40 bits per heavy atom. The molecule has 0 saturated carbocycles. The van der Waals surface area contributed by atoms with E-state index in [1.165, 1.54) is 19.9 Å². The fraction of sp³-hybridized carbons (Fsp3) is 0.500. The lowest BCUT2D eigenvalue weighted by Gasteiger charge is -2.19. The molecule has 110 valence electrons. The van der Waals surface area contributed by atoms with Crippen LogP contribution in [0.25, 0.3) is 0 Å². The summed E-state index contributed by atoms with van der Waals surface area (Å²) in [5.74, 6) is 0. The number of hydrogen-bond acceptors (Lipinski definition) is 3. The van der Waals surface area contributed by atoms with Crippen LogP contribution in [0, 0.1) is 6.92 Å². The maximum atomic E-state index is 4.49. The van der Waals surface area contributed by atoms with Gasteiger partial charge in [-0.15, -0.1) is 11.3 Å². The first-order valence-electron chi connectivity index (χ1n) is 6.78. The second kappa shape index (κ2) is 7.20. The third kappa shape index (κ3) is 3.35. The van der Waals surface area contributed by atoms with Crippen molar-refractivity contribution in [3.63, 3.8) is 0 Å². The van der Waals surface area contributed by atoms with Crippen LogP contribution in [0.5, 0.6) is 0 Å². The topological polar surface area (TPSA) is 29.9 Å². The normalized spacial score (nSPS) is 12.8. The van der Waals surface area contributed by atoms with Crippen molar-refractivity contribution < 1.29 is 0 Å². The van der Waals surface area contributed by atoms with Crippen molar-refractivity contribution >= 4 is 43.2 Å². The number of aromatic nitrogens is 2. The van der Waals surface area contributed by atoms with Crippen molar-refractivity contribution in [2.24, 2.45) is 0 Å². The molecule has 0 radical (unpaired) electrons. The highest BCUT2D eigenvalue weighted by atomic mass is 79.9. The molecule has 20 heavy (non-hydrogen) atoms. The molecule has 0 amide bonds. The highest BCUT2D eigenvalue weighted by Gasteiger charge is 2.23. The van der Waals surface area contributed by atoms with Crippen molar-refractivity contribution in [2.45, 2.75) is 39.8 Å². The molecule has 1 atom stereocenters. The van der Waals surface area contributed by atoms with Gasteiger partial charge >= 0.3 is 0 Å². The van der Waals surface area contributed by atoms with E-state index in [0.29, 0.717) is 0 Å². The van der Waals surface area contributed by atoms with E-state index in [2.05, 4.69) is 73.8 Å². The minimum absolute atomic E-state index is 0.179. The fourth-order valence-electron chi connectivity index (χ4n) is 2.21. The van der Waals surface area contributed by atoms with Crippen molar-refractivity contribution in [1.82, 2.24) is 15.1 Å². The van der Waals surface area contributed by atoms with Crippen LogP contribution in [-0.4, -0.2) is 16.3 Å². The Hall–Kier alpha value is -0.170. The lowest BCUT2D eigenvalue weighted by atomic mass is 10.1. The van der Waals surface area contributed by atoms with Gasteiger partial charge < -0.3 is 5.32 Å². The minimum Gasteiger partial charge on any atom is -0.305 e. The summed E-state index contributed by atoms with van der Waals surface area (Å²) in [6.07, 6.45) is 2.97. The zero-order valence-corrected chi connectivity index (χ0v) is 15.9. The monoisotopic (exact) mass is 419 g/mol. The Morgan fingerprint density at radius 3 is 2.70 bits per heavy atom. The molecule has 2 heterocycles. The SMILES string of the molecule is CCCn1ncc(Br)c1C(NCC)c1cc(C)c(Br)s1. The predicted molar refractivity (Wildman–Crippen MR) is 92.5 cm³/mol. The van der Waals surface area contributed by atoms with Crippen molar-refractivity contribution in [3.05, 3.63) is 36.7 Å². The largest absolute Gasteiger partial charge is 0.305 e. The van der Waals surface area contributed by atoms with Gasteiger partial charge in [0.2, 0.25) is 0 Å². The van der Waals surface area contributed by atoms with Gasteiger partial charge in [-0.05, 0) is 63.4 Å². The van der Waals surface area contributed by atoms with E-state index in [9.17, 15) is 0 Å². The molecule has 0 aromatic carbocycles. The van der Waals surface area contributed by atoms with E-state index < -0.39 is 0 Å². The number of thiophene rings is 1. The first-order valence-corrected chi connectivity index (χ1v) is 9.19. The fourth-order valence-corrected chi connectivity index (χ4v) is 4.39. The summed E-state index contributed by atoms with van der Waals surface area (Å²) >= 11 is 9.06. The number of hydrogen-bond donors (Lipinski definition) is 1. The lowest BCUT2D eigenvalue weighted by Crippen LogP contribution is -2.24. The van der Waals surface area contributed by atoms with Crippen molar-refractivity contribution in [3.8, 4) is 0 Å². The van der Waals surface area contributed by atoms with Crippen LogP contribution in [0.4, 0.5) is 0 Å². The van der Waals surface area contributed by atoms with E-state index in [4.69, 9.17) is 0 Å². The summed E-state index contributed by atoms with van der Waals surface area (Å²) in [5, 5.41) is 8.07. The molecule has 3 nitrogen and oxygen atoms in total. The number of aryl methyl sites for hydroxylation is 2. The van der Waals surface area contributed by atoms with Crippen LogP contribution in [-0.2, 0) is 6.54 Å². The number of halogens is 2. The molecule has 6 heteroatoms. The molecule has 0 bridgehead atoms. The molecule has 1 N–H and O–H groups in total. The second-order valence-electron chi connectivity index (χ2n) is 4.70. The highest BCUT2D eigenvalue weighted by molar-refractivity contribution is 9.11. The molecule has 0 aliphatic heterocycles. The zero-order chi connectivity index (χ0) is 14.7. The Labute approximate surface area is 141 Å². The molecular weight excluding hydrogens is 402 g/mol. The summed E-state index contributed by atoms with van der Waals surface area (Å²) in [6.45, 7) is 8.30. The van der Waals surface area contributed by atoms with Gasteiger partial charge in [0.1, 0.15) is 0 Å². The van der Waals surface area contributed by atoms with Crippen LogP contribution in [0.3, 0.4) is 0 Å². The van der Waals surface area contributed by atoms with Crippen LogP contribution in [0.15, 0.2) is 20.5 Å². The van der Waals surface area contributed by atoms with Crippen LogP contribution in [0.2, 0.25) is 0 Å². The first kappa shape index (κ1) is 16.2. The van der Waals surface area contributed by atoms with E-state index in [1.54, 1.807) is 11.3 Å². The minimum atomic E-state index is 0.179.